The van der Waals surface area contributed by atoms with Crippen molar-refractivity contribution in [3.63, 3.8) is 0 Å². The number of aliphatic imine (C=N–C) groups is 1. The molecule has 4 rings (SSSR count). The van der Waals surface area contributed by atoms with Crippen LogP contribution in [0.15, 0.2) is 68.0 Å². The molecule has 2 N–H and O–H groups in total. The number of hydrogen-bond donors (Lipinski definition) is 2. The molecule has 0 aliphatic carbocycles. The highest BCUT2D eigenvalue weighted by atomic mass is 32.2. The van der Waals surface area contributed by atoms with Crippen molar-refractivity contribution in [1.82, 2.24) is 9.55 Å². The van der Waals surface area contributed by atoms with Crippen LogP contribution in [0.25, 0.3) is 0 Å². The van der Waals surface area contributed by atoms with Crippen molar-refractivity contribution >= 4 is 23.2 Å². The average Bonchev–Trinajstić information content (AvgIpc) is 2.99. The molecule has 33 heavy (non-hydrogen) atoms. The summed E-state index contributed by atoms with van der Waals surface area (Å²) in [5.41, 5.74) is 0.944. The van der Waals surface area contributed by atoms with Crippen LogP contribution in [0, 0.1) is 0 Å². The minimum atomic E-state index is -0.634. The van der Waals surface area contributed by atoms with E-state index in [1.165, 1.54) is 4.57 Å². The fourth-order valence-electron chi connectivity index (χ4n) is 3.92. The Hall–Kier alpha value is -3.26. The second-order valence-corrected chi connectivity index (χ2v) is 9.02. The van der Waals surface area contributed by atoms with Gasteiger partial charge in [0.15, 0.2) is 0 Å². The number of aromatic nitrogens is 2. The van der Waals surface area contributed by atoms with Crippen LogP contribution in [0.2, 0.25) is 0 Å². The van der Waals surface area contributed by atoms with Gasteiger partial charge in [-0.3, -0.25) is 19.3 Å². The van der Waals surface area contributed by atoms with Crippen molar-refractivity contribution in [1.29, 1.82) is 0 Å². The van der Waals surface area contributed by atoms with Crippen LogP contribution in [-0.2, 0) is 6.54 Å². The van der Waals surface area contributed by atoms with E-state index in [0.29, 0.717) is 31.7 Å². The summed E-state index contributed by atoms with van der Waals surface area (Å²) < 4.78 is 7.09. The van der Waals surface area contributed by atoms with Gasteiger partial charge in [-0.2, -0.15) is 0 Å². The van der Waals surface area contributed by atoms with Gasteiger partial charge in [0, 0.05) is 28.7 Å². The molecule has 0 saturated carbocycles. The summed E-state index contributed by atoms with van der Waals surface area (Å²) in [5.74, 6) is 0.444. The molecule has 0 spiro atoms. The zero-order chi connectivity index (χ0) is 23.4. The zero-order valence-corrected chi connectivity index (χ0v) is 19.5. The molecule has 0 fully saturated rings. The van der Waals surface area contributed by atoms with Gasteiger partial charge in [-0.15, -0.1) is 11.8 Å². The number of aromatic amines is 1. The molecular formula is C25H27N3O4S. The van der Waals surface area contributed by atoms with Crippen LogP contribution < -0.4 is 16.0 Å². The van der Waals surface area contributed by atoms with Crippen LogP contribution in [0.4, 0.5) is 5.69 Å². The topological polar surface area (TPSA) is 96.7 Å². The zero-order valence-electron chi connectivity index (χ0n) is 18.7. The predicted octanol–water partition coefficient (Wildman–Crippen LogP) is 4.80. The molecule has 8 heteroatoms. The minimum Gasteiger partial charge on any atom is -0.494 e. The highest BCUT2D eigenvalue weighted by Gasteiger charge is 2.28. The van der Waals surface area contributed by atoms with Crippen molar-refractivity contribution in [2.45, 2.75) is 49.8 Å². The third-order valence-corrected chi connectivity index (χ3v) is 6.83. The van der Waals surface area contributed by atoms with Crippen LogP contribution in [0.3, 0.4) is 0 Å². The van der Waals surface area contributed by atoms with Gasteiger partial charge >= 0.3 is 5.69 Å². The number of fused-ring (bicyclic) bond motifs is 1. The molecule has 2 aromatic carbocycles. The third-order valence-electron chi connectivity index (χ3n) is 5.53. The van der Waals surface area contributed by atoms with E-state index >= 15 is 0 Å². The van der Waals surface area contributed by atoms with Crippen molar-refractivity contribution < 1.29 is 9.84 Å². The second-order valence-electron chi connectivity index (χ2n) is 7.77. The van der Waals surface area contributed by atoms with Crippen molar-refractivity contribution in [2.24, 2.45) is 4.99 Å². The van der Waals surface area contributed by atoms with Gasteiger partial charge in [0.25, 0.3) is 5.56 Å². The van der Waals surface area contributed by atoms with E-state index in [9.17, 15) is 14.7 Å². The van der Waals surface area contributed by atoms with E-state index in [0.717, 1.165) is 28.3 Å². The lowest BCUT2D eigenvalue weighted by Crippen LogP contribution is -2.34. The Balaban J connectivity index is 1.88. The van der Waals surface area contributed by atoms with Gasteiger partial charge in [-0.05, 0) is 31.5 Å². The number of benzene rings is 2. The van der Waals surface area contributed by atoms with E-state index in [4.69, 9.17) is 9.73 Å². The van der Waals surface area contributed by atoms with Crippen LogP contribution in [0.1, 0.15) is 49.5 Å². The number of unbranched alkanes of at least 4 members (excludes halogenated alkanes) is 1. The first-order chi connectivity index (χ1) is 16.0. The third kappa shape index (κ3) is 4.75. The van der Waals surface area contributed by atoms with Gasteiger partial charge < -0.3 is 9.84 Å². The van der Waals surface area contributed by atoms with Crippen LogP contribution >= 0.6 is 11.8 Å². The standard InChI is InChI=1S/C25H27N3O4S/c1-3-5-14-28-24(30)22(23(29)27-25(28)31)18-15-21(16-10-6-8-12-19(16)32-4-2)33-20-13-9-7-11-17(20)26-18/h6-13,21,30H,3-5,14-15H2,1-2H3,(H,27,29,31)/t21-/m1/s1. The summed E-state index contributed by atoms with van der Waals surface area (Å²) in [7, 11) is 0. The predicted molar refractivity (Wildman–Crippen MR) is 131 cm³/mol. The summed E-state index contributed by atoms with van der Waals surface area (Å²) in [6.45, 7) is 4.80. The molecule has 0 unspecified atom stereocenters. The number of H-pyrrole nitrogens is 1. The summed E-state index contributed by atoms with van der Waals surface area (Å²) in [5, 5.41) is 10.9. The maximum absolute atomic E-state index is 12.9. The molecule has 3 aromatic rings. The number of aromatic hydroxyl groups is 1. The molecular weight excluding hydrogens is 438 g/mol. The first kappa shape index (κ1) is 22.9. The number of rotatable bonds is 7. The number of nitrogens with zero attached hydrogens (tertiary/aromatic N) is 2. The Kier molecular flexibility index (Phi) is 7.03. The lowest BCUT2D eigenvalue weighted by molar-refractivity contribution is 0.336. The second kappa shape index (κ2) is 10.1. The minimum absolute atomic E-state index is 0.0434. The van der Waals surface area contributed by atoms with Crippen molar-refractivity contribution in [3.8, 4) is 11.6 Å². The van der Waals surface area contributed by atoms with E-state index < -0.39 is 11.2 Å². The lowest BCUT2D eigenvalue weighted by Gasteiger charge is -2.20. The average molecular weight is 466 g/mol. The molecule has 1 aromatic heterocycles. The Bertz CT molecular complexity index is 1300. The smallest absolute Gasteiger partial charge is 0.331 e. The summed E-state index contributed by atoms with van der Waals surface area (Å²) in [6.07, 6.45) is 1.93. The maximum atomic E-state index is 12.9. The lowest BCUT2D eigenvalue weighted by atomic mass is 10.0. The van der Waals surface area contributed by atoms with Crippen LogP contribution in [-0.4, -0.2) is 27.0 Å². The van der Waals surface area contributed by atoms with Gasteiger partial charge in [0.2, 0.25) is 5.88 Å². The molecule has 0 bridgehead atoms. The number of thioether (sulfide) groups is 1. The number of hydrogen-bond acceptors (Lipinski definition) is 6. The molecule has 0 saturated heterocycles. The highest BCUT2D eigenvalue weighted by Crippen LogP contribution is 2.47. The molecule has 7 nitrogen and oxygen atoms in total. The fraction of sp³-hybridized carbons (Fsp3) is 0.320. The molecule has 2 heterocycles. The molecule has 172 valence electrons. The first-order valence-electron chi connectivity index (χ1n) is 11.1. The highest BCUT2D eigenvalue weighted by molar-refractivity contribution is 7.99. The Morgan fingerprint density at radius 3 is 2.70 bits per heavy atom. The van der Waals surface area contributed by atoms with Crippen LogP contribution in [0.5, 0.6) is 11.6 Å². The van der Waals surface area contributed by atoms with Gasteiger partial charge in [0.05, 0.1) is 18.0 Å². The van der Waals surface area contributed by atoms with E-state index in [1.807, 2.05) is 62.4 Å². The Morgan fingerprint density at radius 2 is 1.91 bits per heavy atom. The SMILES string of the molecule is CCCCn1c(O)c(C2=Nc3ccccc3S[C@@H](c3ccccc3OCC)C2)c(=O)[nH]c1=O. The van der Waals surface area contributed by atoms with Gasteiger partial charge in [-0.1, -0.05) is 43.7 Å². The fourth-order valence-corrected chi connectivity index (χ4v) is 5.18. The van der Waals surface area contributed by atoms with E-state index in [-0.39, 0.29) is 16.7 Å². The quantitative estimate of drug-likeness (QED) is 0.523. The maximum Gasteiger partial charge on any atom is 0.331 e. The number of nitrogens with one attached hydrogen (secondary N) is 1. The van der Waals surface area contributed by atoms with Gasteiger partial charge in [0.1, 0.15) is 11.3 Å². The molecule has 1 atom stereocenters. The largest absolute Gasteiger partial charge is 0.494 e. The van der Waals surface area contributed by atoms with E-state index in [2.05, 4.69) is 4.98 Å². The van der Waals surface area contributed by atoms with Gasteiger partial charge in [-0.25, -0.2) is 4.79 Å². The Morgan fingerprint density at radius 1 is 1.15 bits per heavy atom. The Labute approximate surface area is 196 Å². The monoisotopic (exact) mass is 465 g/mol. The number of para-hydroxylation sites is 2. The van der Waals surface area contributed by atoms with E-state index in [1.54, 1.807) is 11.8 Å². The number of ether oxygens (including phenoxy) is 1. The van der Waals surface area contributed by atoms with Crippen molar-refractivity contribution in [2.75, 3.05) is 6.61 Å². The molecule has 1 aliphatic heterocycles. The summed E-state index contributed by atoms with van der Waals surface area (Å²) >= 11 is 1.65. The molecule has 1 aliphatic rings. The van der Waals surface area contributed by atoms with Crippen molar-refractivity contribution in [3.05, 3.63) is 80.5 Å². The summed E-state index contributed by atoms with van der Waals surface area (Å²) in [4.78, 5) is 33.4. The summed E-state index contributed by atoms with van der Waals surface area (Å²) in [6, 6.07) is 15.6. The molecule has 0 amide bonds. The molecule has 0 radical (unpaired) electrons. The normalized spacial score (nSPS) is 15.5. The first-order valence-corrected chi connectivity index (χ1v) is 12.0.